The molecule has 8 nitrogen and oxygen atoms in total. The number of hydrogen-bond acceptors (Lipinski definition) is 6. The van der Waals surface area contributed by atoms with Gasteiger partial charge >= 0.3 is 0 Å². The normalized spacial score (nSPS) is 14.5. The summed E-state index contributed by atoms with van der Waals surface area (Å²) in [5.41, 5.74) is 4.74. The summed E-state index contributed by atoms with van der Waals surface area (Å²) in [6.45, 7) is 6.03. The molecule has 0 saturated heterocycles. The summed E-state index contributed by atoms with van der Waals surface area (Å²) in [6, 6.07) is 11.2. The molecule has 1 aliphatic rings. The number of Topliss-reactive ketones (excluding diaryl/α,β-unsaturated/α-hetero) is 1. The third-order valence-electron chi connectivity index (χ3n) is 5.86. The minimum Gasteiger partial charge on any atom is -0.339 e. The molecule has 1 aliphatic carbocycles. The third kappa shape index (κ3) is 4.63. The lowest BCUT2D eigenvalue weighted by Crippen LogP contribution is -2.27. The van der Waals surface area contributed by atoms with Crippen LogP contribution >= 0.6 is 0 Å². The summed E-state index contributed by atoms with van der Waals surface area (Å²) >= 11 is 0. The average Bonchev–Trinajstić information content (AvgIpc) is 3.03. The maximum atomic E-state index is 12.4. The van der Waals surface area contributed by atoms with Gasteiger partial charge < -0.3 is 10.6 Å². The predicted octanol–water partition coefficient (Wildman–Crippen LogP) is 4.03. The van der Waals surface area contributed by atoms with Gasteiger partial charge in [0.25, 0.3) is 0 Å². The summed E-state index contributed by atoms with van der Waals surface area (Å²) in [7, 11) is 0. The van der Waals surface area contributed by atoms with E-state index in [4.69, 9.17) is 0 Å². The van der Waals surface area contributed by atoms with Crippen molar-refractivity contribution in [2.45, 2.75) is 46.5 Å². The molecule has 2 N–H and O–H groups in total. The van der Waals surface area contributed by atoms with Crippen LogP contribution in [0.5, 0.6) is 0 Å². The molecular weight excluding hydrogens is 392 g/mol. The molecule has 0 bridgehead atoms. The highest BCUT2D eigenvalue weighted by Gasteiger charge is 2.24. The SMILES string of the molecule is Cc1nn(-c2ccc(Nc3ccc(NC(=O)C4CCC(=O)CC4)cc3)nn2)c(C)c1C. The number of anilines is 3. The molecule has 1 amide bonds. The van der Waals surface area contributed by atoms with Crippen molar-refractivity contribution in [2.24, 2.45) is 5.92 Å². The number of hydrogen-bond donors (Lipinski definition) is 2. The molecule has 31 heavy (non-hydrogen) atoms. The van der Waals surface area contributed by atoms with Crippen LogP contribution in [0, 0.1) is 26.7 Å². The van der Waals surface area contributed by atoms with Gasteiger partial charge in [-0.05, 0) is 75.6 Å². The number of benzene rings is 1. The summed E-state index contributed by atoms with van der Waals surface area (Å²) in [4.78, 5) is 23.7. The summed E-state index contributed by atoms with van der Waals surface area (Å²) < 4.78 is 1.79. The molecule has 2 heterocycles. The number of rotatable bonds is 5. The second-order valence-electron chi connectivity index (χ2n) is 7.99. The fourth-order valence-corrected chi connectivity index (χ4v) is 3.68. The lowest BCUT2D eigenvalue weighted by molar-refractivity contribution is -0.125. The van der Waals surface area contributed by atoms with Crippen molar-refractivity contribution in [3.05, 3.63) is 53.3 Å². The van der Waals surface area contributed by atoms with Gasteiger partial charge in [-0.3, -0.25) is 9.59 Å². The Kier molecular flexibility index (Phi) is 5.79. The number of amides is 1. The molecule has 2 aromatic heterocycles. The van der Waals surface area contributed by atoms with Gasteiger partial charge in [-0.25, -0.2) is 4.68 Å². The van der Waals surface area contributed by atoms with Crippen LogP contribution in [0.25, 0.3) is 5.82 Å². The van der Waals surface area contributed by atoms with E-state index >= 15 is 0 Å². The molecular formula is C23H26N6O2. The quantitative estimate of drug-likeness (QED) is 0.649. The first kappa shape index (κ1) is 20.7. The molecule has 0 atom stereocenters. The van der Waals surface area contributed by atoms with Crippen molar-refractivity contribution in [1.82, 2.24) is 20.0 Å². The molecule has 1 saturated carbocycles. The van der Waals surface area contributed by atoms with E-state index in [1.807, 2.05) is 57.2 Å². The maximum Gasteiger partial charge on any atom is 0.227 e. The fraction of sp³-hybridized carbons (Fsp3) is 0.348. The lowest BCUT2D eigenvalue weighted by Gasteiger charge is -2.20. The number of nitrogens with zero attached hydrogens (tertiary/aromatic N) is 4. The standard InChI is InChI=1S/C23H26N6O2/c1-14-15(2)28-29(16(14)3)22-13-12-21(26-27-22)24-18-6-8-19(9-7-18)25-23(31)17-4-10-20(30)11-5-17/h6-9,12-13,17H,4-5,10-11H2,1-3H3,(H,24,26)(H,25,31). The zero-order chi connectivity index (χ0) is 22.0. The Labute approximate surface area is 181 Å². The van der Waals surface area contributed by atoms with Gasteiger partial charge in [-0.2, -0.15) is 5.10 Å². The molecule has 0 unspecified atom stereocenters. The van der Waals surface area contributed by atoms with Crippen LogP contribution < -0.4 is 10.6 Å². The van der Waals surface area contributed by atoms with Crippen LogP contribution in [0.4, 0.5) is 17.2 Å². The molecule has 0 spiro atoms. The van der Waals surface area contributed by atoms with E-state index in [9.17, 15) is 9.59 Å². The number of ketones is 1. The highest BCUT2D eigenvalue weighted by molar-refractivity contribution is 5.94. The van der Waals surface area contributed by atoms with Crippen molar-refractivity contribution in [2.75, 3.05) is 10.6 Å². The molecule has 3 aromatic rings. The Morgan fingerprint density at radius 2 is 1.65 bits per heavy atom. The zero-order valence-electron chi connectivity index (χ0n) is 18.0. The second-order valence-corrected chi connectivity index (χ2v) is 7.99. The number of carbonyl (C=O) groups excluding carboxylic acids is 2. The summed E-state index contributed by atoms with van der Waals surface area (Å²) in [5.74, 6) is 1.43. The Balaban J connectivity index is 1.37. The Morgan fingerprint density at radius 1 is 0.968 bits per heavy atom. The van der Waals surface area contributed by atoms with E-state index in [0.29, 0.717) is 37.3 Å². The Bertz CT molecular complexity index is 1090. The van der Waals surface area contributed by atoms with Crippen molar-refractivity contribution in [3.8, 4) is 5.82 Å². The first-order chi connectivity index (χ1) is 14.9. The largest absolute Gasteiger partial charge is 0.339 e. The van der Waals surface area contributed by atoms with Crippen molar-refractivity contribution >= 4 is 28.9 Å². The summed E-state index contributed by atoms with van der Waals surface area (Å²) in [6.07, 6.45) is 2.27. The third-order valence-corrected chi connectivity index (χ3v) is 5.86. The number of aryl methyl sites for hydroxylation is 1. The van der Waals surface area contributed by atoms with Crippen molar-refractivity contribution in [1.29, 1.82) is 0 Å². The second kappa shape index (κ2) is 8.67. The number of aromatic nitrogens is 4. The van der Waals surface area contributed by atoms with Crippen molar-refractivity contribution < 1.29 is 9.59 Å². The van der Waals surface area contributed by atoms with Crippen LogP contribution in [0.15, 0.2) is 36.4 Å². The Morgan fingerprint density at radius 3 is 2.23 bits per heavy atom. The monoisotopic (exact) mass is 418 g/mol. The molecule has 160 valence electrons. The van der Waals surface area contributed by atoms with Crippen LogP contribution in [0.3, 0.4) is 0 Å². The first-order valence-corrected chi connectivity index (χ1v) is 10.5. The van der Waals surface area contributed by atoms with Gasteiger partial charge in [-0.1, -0.05) is 0 Å². The number of carbonyl (C=O) groups is 2. The molecule has 0 aliphatic heterocycles. The van der Waals surface area contributed by atoms with E-state index in [2.05, 4.69) is 25.9 Å². The van der Waals surface area contributed by atoms with Gasteiger partial charge in [0, 0.05) is 35.8 Å². The molecule has 1 aromatic carbocycles. The van der Waals surface area contributed by atoms with Gasteiger partial charge in [-0.15, -0.1) is 10.2 Å². The first-order valence-electron chi connectivity index (χ1n) is 10.5. The molecule has 8 heteroatoms. The lowest BCUT2D eigenvalue weighted by atomic mass is 9.88. The van der Waals surface area contributed by atoms with Gasteiger partial charge in [0.05, 0.1) is 5.69 Å². The van der Waals surface area contributed by atoms with Crippen molar-refractivity contribution in [3.63, 3.8) is 0 Å². The summed E-state index contributed by atoms with van der Waals surface area (Å²) in [5, 5.41) is 19.2. The zero-order valence-corrected chi connectivity index (χ0v) is 18.0. The van der Waals surface area contributed by atoms with E-state index in [1.165, 1.54) is 0 Å². The van der Waals surface area contributed by atoms with Crippen LogP contribution in [-0.2, 0) is 9.59 Å². The minimum absolute atomic E-state index is 0.0194. The molecule has 4 rings (SSSR count). The van der Waals surface area contributed by atoms with E-state index in [1.54, 1.807) is 4.68 Å². The molecule has 1 fully saturated rings. The van der Waals surface area contributed by atoms with Gasteiger partial charge in [0.2, 0.25) is 5.91 Å². The number of nitrogens with one attached hydrogen (secondary N) is 2. The maximum absolute atomic E-state index is 12.4. The van der Waals surface area contributed by atoms with Crippen LogP contribution in [0.2, 0.25) is 0 Å². The average molecular weight is 419 g/mol. The smallest absolute Gasteiger partial charge is 0.227 e. The van der Waals surface area contributed by atoms with Gasteiger partial charge in [0.15, 0.2) is 11.6 Å². The topological polar surface area (TPSA) is 102 Å². The molecule has 0 radical (unpaired) electrons. The van der Waals surface area contributed by atoms with E-state index in [-0.39, 0.29) is 17.6 Å². The highest BCUT2D eigenvalue weighted by Crippen LogP contribution is 2.24. The minimum atomic E-state index is -0.0877. The Hall–Kier alpha value is -3.55. The van der Waals surface area contributed by atoms with Gasteiger partial charge in [0.1, 0.15) is 5.78 Å². The van der Waals surface area contributed by atoms with Crippen LogP contribution in [-0.4, -0.2) is 31.7 Å². The predicted molar refractivity (Wildman–Crippen MR) is 119 cm³/mol. The van der Waals surface area contributed by atoms with E-state index in [0.717, 1.165) is 28.3 Å². The fourth-order valence-electron chi connectivity index (χ4n) is 3.68. The van der Waals surface area contributed by atoms with E-state index < -0.39 is 0 Å². The highest BCUT2D eigenvalue weighted by atomic mass is 16.2. The van der Waals surface area contributed by atoms with Crippen LogP contribution in [0.1, 0.15) is 42.6 Å².